The smallest absolute Gasteiger partial charge is 0.289 e. The molecule has 1 aromatic heterocycles. The van der Waals surface area contributed by atoms with Gasteiger partial charge in [0.2, 0.25) is 10.0 Å². The number of furan rings is 1. The van der Waals surface area contributed by atoms with E-state index in [0.717, 1.165) is 23.6 Å². The van der Waals surface area contributed by atoms with Gasteiger partial charge < -0.3 is 15.1 Å². The van der Waals surface area contributed by atoms with E-state index in [1.165, 1.54) is 20.2 Å². The van der Waals surface area contributed by atoms with E-state index < -0.39 is 10.0 Å². The van der Waals surface area contributed by atoms with Crippen molar-refractivity contribution in [2.45, 2.75) is 37.1 Å². The third-order valence-electron chi connectivity index (χ3n) is 4.00. The average molecular weight is 329 g/mol. The van der Waals surface area contributed by atoms with E-state index in [0.29, 0.717) is 13.1 Å². The SMILES string of the molecule is Cc1oc(C(=O)N2CCCCC2CN)cc1S(=O)(=O)N(C)C. The molecule has 1 fully saturated rings. The molecule has 2 rings (SSSR count). The molecule has 124 valence electrons. The maximum absolute atomic E-state index is 12.6. The van der Waals surface area contributed by atoms with E-state index in [2.05, 4.69) is 0 Å². The minimum Gasteiger partial charge on any atom is -0.455 e. The second-order valence-electron chi connectivity index (χ2n) is 5.70. The van der Waals surface area contributed by atoms with Gasteiger partial charge in [-0.05, 0) is 26.2 Å². The van der Waals surface area contributed by atoms with Gasteiger partial charge in [-0.2, -0.15) is 0 Å². The number of carbonyl (C=O) groups is 1. The van der Waals surface area contributed by atoms with Crippen LogP contribution in [0.1, 0.15) is 35.6 Å². The molecule has 2 N–H and O–H groups in total. The van der Waals surface area contributed by atoms with Gasteiger partial charge in [-0.25, -0.2) is 12.7 Å². The summed E-state index contributed by atoms with van der Waals surface area (Å²) in [5.41, 5.74) is 5.73. The van der Waals surface area contributed by atoms with Gasteiger partial charge in [0, 0.05) is 39.3 Å². The number of rotatable bonds is 4. The van der Waals surface area contributed by atoms with Crippen LogP contribution in [-0.2, 0) is 10.0 Å². The van der Waals surface area contributed by atoms with Crippen LogP contribution in [0.2, 0.25) is 0 Å². The van der Waals surface area contributed by atoms with Crippen molar-refractivity contribution < 1.29 is 17.6 Å². The van der Waals surface area contributed by atoms with Crippen LogP contribution in [0.15, 0.2) is 15.4 Å². The summed E-state index contributed by atoms with van der Waals surface area (Å²) in [7, 11) is -0.740. The number of hydrogen-bond donors (Lipinski definition) is 1. The van der Waals surface area contributed by atoms with Crippen LogP contribution in [0.4, 0.5) is 0 Å². The van der Waals surface area contributed by atoms with Crippen molar-refractivity contribution in [1.29, 1.82) is 0 Å². The normalized spacial score (nSPS) is 19.7. The van der Waals surface area contributed by atoms with E-state index in [9.17, 15) is 13.2 Å². The summed E-state index contributed by atoms with van der Waals surface area (Å²) in [5.74, 6) is -0.0184. The zero-order valence-electron chi connectivity index (χ0n) is 13.2. The number of sulfonamides is 1. The zero-order chi connectivity index (χ0) is 16.5. The second-order valence-corrected chi connectivity index (χ2v) is 7.82. The van der Waals surface area contributed by atoms with E-state index in [-0.39, 0.29) is 28.4 Å². The Kier molecular flexibility index (Phi) is 4.93. The maximum Gasteiger partial charge on any atom is 0.289 e. The summed E-state index contributed by atoms with van der Waals surface area (Å²) in [6.07, 6.45) is 2.83. The predicted octanol–water partition coefficient (Wildman–Crippen LogP) is 0.792. The first-order valence-electron chi connectivity index (χ1n) is 7.33. The fourth-order valence-electron chi connectivity index (χ4n) is 2.68. The molecule has 1 atom stereocenters. The summed E-state index contributed by atoms with van der Waals surface area (Å²) in [6.45, 7) is 2.56. The minimum absolute atomic E-state index is 0.0134. The van der Waals surface area contributed by atoms with Crippen molar-refractivity contribution in [3.05, 3.63) is 17.6 Å². The Morgan fingerprint density at radius 1 is 1.45 bits per heavy atom. The van der Waals surface area contributed by atoms with E-state index in [1.54, 1.807) is 11.8 Å². The maximum atomic E-state index is 12.6. The highest BCUT2D eigenvalue weighted by Gasteiger charge is 2.31. The molecule has 1 unspecified atom stereocenters. The van der Waals surface area contributed by atoms with Crippen LogP contribution in [0.5, 0.6) is 0 Å². The van der Waals surface area contributed by atoms with Gasteiger partial charge in [-0.15, -0.1) is 0 Å². The van der Waals surface area contributed by atoms with E-state index >= 15 is 0 Å². The largest absolute Gasteiger partial charge is 0.455 e. The van der Waals surface area contributed by atoms with E-state index in [1.807, 2.05) is 0 Å². The molecule has 1 aromatic rings. The van der Waals surface area contributed by atoms with E-state index in [4.69, 9.17) is 10.2 Å². The summed E-state index contributed by atoms with van der Waals surface area (Å²) < 4.78 is 30.9. The summed E-state index contributed by atoms with van der Waals surface area (Å²) in [4.78, 5) is 14.3. The van der Waals surface area contributed by atoms with Crippen molar-refractivity contribution in [2.24, 2.45) is 5.73 Å². The zero-order valence-corrected chi connectivity index (χ0v) is 14.0. The Morgan fingerprint density at radius 2 is 2.14 bits per heavy atom. The van der Waals surface area contributed by atoms with Crippen LogP contribution < -0.4 is 5.73 Å². The summed E-state index contributed by atoms with van der Waals surface area (Å²) in [6, 6.07) is 1.30. The highest BCUT2D eigenvalue weighted by molar-refractivity contribution is 7.89. The van der Waals surface area contributed by atoms with Crippen molar-refractivity contribution in [1.82, 2.24) is 9.21 Å². The van der Waals surface area contributed by atoms with Gasteiger partial charge in [0.05, 0.1) is 0 Å². The van der Waals surface area contributed by atoms with Crippen LogP contribution in [0, 0.1) is 6.92 Å². The molecule has 2 heterocycles. The van der Waals surface area contributed by atoms with Crippen molar-refractivity contribution in [3.63, 3.8) is 0 Å². The highest BCUT2D eigenvalue weighted by atomic mass is 32.2. The number of nitrogens with two attached hydrogens (primary N) is 1. The molecule has 22 heavy (non-hydrogen) atoms. The van der Waals surface area contributed by atoms with Gasteiger partial charge in [0.15, 0.2) is 5.76 Å². The number of likely N-dealkylation sites (tertiary alicyclic amines) is 1. The highest BCUT2D eigenvalue weighted by Crippen LogP contribution is 2.25. The molecular weight excluding hydrogens is 306 g/mol. The van der Waals surface area contributed by atoms with Crippen LogP contribution in [0.3, 0.4) is 0 Å². The number of piperidine rings is 1. The molecular formula is C14H23N3O4S. The standard InChI is InChI=1S/C14H23N3O4S/c1-10-13(22(19,20)16(2)3)8-12(21-10)14(18)17-7-5-4-6-11(17)9-15/h8,11H,4-7,9,15H2,1-3H3. The van der Waals surface area contributed by atoms with Gasteiger partial charge in [-0.1, -0.05) is 0 Å². The lowest BCUT2D eigenvalue weighted by Crippen LogP contribution is -2.47. The monoisotopic (exact) mass is 329 g/mol. The van der Waals surface area contributed by atoms with Crippen molar-refractivity contribution in [2.75, 3.05) is 27.2 Å². The molecule has 0 radical (unpaired) electrons. The third-order valence-corrected chi connectivity index (χ3v) is 5.92. The third kappa shape index (κ3) is 3.04. The average Bonchev–Trinajstić information content (AvgIpc) is 2.89. The Balaban J connectivity index is 2.32. The molecule has 0 spiro atoms. The number of hydrogen-bond acceptors (Lipinski definition) is 5. The van der Waals surface area contributed by atoms with Crippen LogP contribution in [-0.4, -0.2) is 56.8 Å². The molecule has 1 saturated heterocycles. The molecule has 0 aromatic carbocycles. The lowest BCUT2D eigenvalue weighted by molar-refractivity contribution is 0.0589. The quantitative estimate of drug-likeness (QED) is 0.881. The Bertz CT molecular complexity index is 651. The molecule has 1 amide bonds. The Morgan fingerprint density at radius 3 is 2.73 bits per heavy atom. The lowest BCUT2D eigenvalue weighted by Gasteiger charge is -2.34. The fourth-order valence-corrected chi connectivity index (χ4v) is 3.73. The predicted molar refractivity (Wildman–Crippen MR) is 82.0 cm³/mol. The number of amides is 1. The first-order valence-corrected chi connectivity index (χ1v) is 8.77. The van der Waals surface area contributed by atoms with Crippen LogP contribution >= 0.6 is 0 Å². The van der Waals surface area contributed by atoms with Crippen LogP contribution in [0.25, 0.3) is 0 Å². The molecule has 1 aliphatic rings. The van der Waals surface area contributed by atoms with Gasteiger partial charge in [-0.3, -0.25) is 4.79 Å². The van der Waals surface area contributed by atoms with Gasteiger partial charge >= 0.3 is 0 Å². The molecule has 1 aliphatic heterocycles. The molecule has 7 nitrogen and oxygen atoms in total. The molecule has 0 saturated carbocycles. The first kappa shape index (κ1) is 17.0. The first-order chi connectivity index (χ1) is 10.3. The lowest BCUT2D eigenvalue weighted by atomic mass is 10.0. The summed E-state index contributed by atoms with van der Waals surface area (Å²) in [5, 5.41) is 0. The second kappa shape index (κ2) is 6.39. The minimum atomic E-state index is -3.63. The number of carbonyl (C=O) groups excluding carboxylic acids is 1. The summed E-state index contributed by atoms with van der Waals surface area (Å²) >= 11 is 0. The van der Waals surface area contributed by atoms with Crippen molar-refractivity contribution >= 4 is 15.9 Å². The number of nitrogens with zero attached hydrogens (tertiary/aromatic N) is 2. The van der Waals surface area contributed by atoms with Gasteiger partial charge in [0.1, 0.15) is 10.7 Å². The molecule has 0 aliphatic carbocycles. The van der Waals surface area contributed by atoms with Crippen molar-refractivity contribution in [3.8, 4) is 0 Å². The van der Waals surface area contributed by atoms with Gasteiger partial charge in [0.25, 0.3) is 5.91 Å². The fraction of sp³-hybridized carbons (Fsp3) is 0.643. The Labute approximate surface area is 131 Å². The number of aryl methyl sites for hydroxylation is 1. The Hall–Kier alpha value is -1.38. The molecule has 0 bridgehead atoms. The molecule has 8 heteroatoms. The topological polar surface area (TPSA) is 96.8 Å².